The lowest BCUT2D eigenvalue weighted by Crippen LogP contribution is -2.02. The number of carbonyl (C=O) groups excluding carboxylic acids is 1. The number of hydrogen-bond acceptors (Lipinski definition) is 2. The molecule has 0 saturated heterocycles. The largest absolute Gasteiger partial charge is 0.466 e. The third-order valence-corrected chi connectivity index (χ3v) is 1.46. The third kappa shape index (κ3) is 8.86. The number of carbonyl (C=O) groups is 1. The van der Waals surface area contributed by atoms with E-state index in [1.54, 1.807) is 0 Å². The van der Waals surface area contributed by atoms with Crippen molar-refractivity contribution in [2.75, 3.05) is 6.61 Å². The summed E-state index contributed by atoms with van der Waals surface area (Å²) in [5.41, 5.74) is 1.04. The molecule has 0 spiro atoms. The van der Waals surface area contributed by atoms with Gasteiger partial charge >= 0.3 is 5.97 Å². The van der Waals surface area contributed by atoms with Crippen LogP contribution in [0.2, 0.25) is 0 Å². The van der Waals surface area contributed by atoms with Gasteiger partial charge < -0.3 is 4.74 Å². The second-order valence-corrected chi connectivity index (χ2v) is 2.95. The van der Waals surface area contributed by atoms with Gasteiger partial charge in [0.1, 0.15) is 0 Å². The highest BCUT2D eigenvalue weighted by Gasteiger charge is 1.98. The monoisotopic (exact) mass is 182 g/mol. The lowest BCUT2D eigenvalue weighted by Gasteiger charge is -1.98. The molecule has 0 aliphatic heterocycles. The molecule has 0 heterocycles. The Hall–Kier alpha value is -1.05. The van der Waals surface area contributed by atoms with Crippen molar-refractivity contribution in [1.29, 1.82) is 0 Å². The summed E-state index contributed by atoms with van der Waals surface area (Å²) in [6.07, 6.45) is 6.26. The highest BCUT2D eigenvalue weighted by atomic mass is 16.5. The molecule has 0 aromatic carbocycles. The Bertz CT molecular complexity index is 192. The van der Waals surface area contributed by atoms with E-state index < -0.39 is 0 Å². The van der Waals surface area contributed by atoms with Gasteiger partial charge in [-0.15, -0.1) is 0 Å². The fourth-order valence-electron chi connectivity index (χ4n) is 0.882. The molecular weight excluding hydrogens is 164 g/mol. The molecule has 74 valence electrons. The molecule has 0 aromatic heterocycles. The summed E-state index contributed by atoms with van der Waals surface area (Å²) in [6, 6.07) is 0. The second-order valence-electron chi connectivity index (χ2n) is 2.95. The first-order valence-electron chi connectivity index (χ1n) is 4.64. The Morgan fingerprint density at radius 1 is 1.54 bits per heavy atom. The highest BCUT2D eigenvalue weighted by molar-refractivity contribution is 5.69. The van der Waals surface area contributed by atoms with Crippen LogP contribution in [-0.2, 0) is 9.53 Å². The van der Waals surface area contributed by atoms with E-state index in [-0.39, 0.29) is 5.97 Å². The standard InChI is InChI=1S/C11H18O2/c1-4-13-11(12)9-7-5-6-8-10(2)3/h6,8H,2,4-5,7,9H2,1,3H3/b8-6-. The average molecular weight is 182 g/mol. The van der Waals surface area contributed by atoms with Gasteiger partial charge in [0.2, 0.25) is 0 Å². The maximum Gasteiger partial charge on any atom is 0.305 e. The van der Waals surface area contributed by atoms with Gasteiger partial charge in [-0.25, -0.2) is 0 Å². The third-order valence-electron chi connectivity index (χ3n) is 1.46. The van der Waals surface area contributed by atoms with Gasteiger partial charge in [0.05, 0.1) is 6.61 Å². The minimum Gasteiger partial charge on any atom is -0.466 e. The average Bonchev–Trinajstić information content (AvgIpc) is 2.03. The molecule has 0 saturated carbocycles. The molecule has 0 unspecified atom stereocenters. The van der Waals surface area contributed by atoms with Crippen LogP contribution in [0.25, 0.3) is 0 Å². The Morgan fingerprint density at radius 2 is 2.23 bits per heavy atom. The van der Waals surface area contributed by atoms with E-state index in [1.807, 2.05) is 26.0 Å². The summed E-state index contributed by atoms with van der Waals surface area (Å²) in [7, 11) is 0. The maximum absolute atomic E-state index is 10.9. The molecule has 0 fully saturated rings. The number of hydrogen-bond donors (Lipinski definition) is 0. The van der Waals surface area contributed by atoms with Gasteiger partial charge in [-0.1, -0.05) is 24.3 Å². The van der Waals surface area contributed by atoms with E-state index in [0.717, 1.165) is 18.4 Å². The van der Waals surface area contributed by atoms with Gasteiger partial charge in [-0.05, 0) is 26.7 Å². The first kappa shape index (κ1) is 11.9. The fraction of sp³-hybridized carbons (Fsp3) is 0.545. The van der Waals surface area contributed by atoms with E-state index >= 15 is 0 Å². The van der Waals surface area contributed by atoms with E-state index in [9.17, 15) is 4.79 Å². The molecule has 2 nitrogen and oxygen atoms in total. The molecule has 0 aliphatic rings. The van der Waals surface area contributed by atoms with Gasteiger partial charge in [0, 0.05) is 6.42 Å². The maximum atomic E-state index is 10.9. The van der Waals surface area contributed by atoms with E-state index in [1.165, 1.54) is 0 Å². The van der Waals surface area contributed by atoms with E-state index in [2.05, 4.69) is 6.58 Å². The normalized spacial score (nSPS) is 10.3. The van der Waals surface area contributed by atoms with E-state index in [0.29, 0.717) is 13.0 Å². The van der Waals surface area contributed by atoms with Crippen molar-refractivity contribution >= 4 is 5.97 Å². The lowest BCUT2D eigenvalue weighted by molar-refractivity contribution is -0.143. The second kappa shape index (κ2) is 7.59. The zero-order valence-corrected chi connectivity index (χ0v) is 8.51. The van der Waals surface area contributed by atoms with Crippen LogP contribution in [-0.4, -0.2) is 12.6 Å². The topological polar surface area (TPSA) is 26.3 Å². The van der Waals surface area contributed by atoms with Crippen molar-refractivity contribution in [2.45, 2.75) is 33.1 Å². The fourth-order valence-corrected chi connectivity index (χ4v) is 0.882. The summed E-state index contributed by atoms with van der Waals surface area (Å²) >= 11 is 0. The molecule has 0 bridgehead atoms. The first-order valence-corrected chi connectivity index (χ1v) is 4.64. The van der Waals surface area contributed by atoms with Crippen molar-refractivity contribution in [3.8, 4) is 0 Å². The van der Waals surface area contributed by atoms with Crippen molar-refractivity contribution < 1.29 is 9.53 Å². The molecule has 13 heavy (non-hydrogen) atoms. The predicted molar refractivity (Wildman–Crippen MR) is 54.4 cm³/mol. The number of allylic oxidation sites excluding steroid dienone is 3. The molecule has 0 aromatic rings. The first-order chi connectivity index (χ1) is 6.16. The molecular formula is C11H18O2. The Kier molecular flexibility index (Phi) is 6.98. The van der Waals surface area contributed by atoms with Gasteiger partial charge in [-0.3, -0.25) is 4.79 Å². The van der Waals surface area contributed by atoms with Crippen LogP contribution in [0.5, 0.6) is 0 Å². The smallest absolute Gasteiger partial charge is 0.305 e. The lowest BCUT2D eigenvalue weighted by atomic mass is 10.2. The van der Waals surface area contributed by atoms with Crippen LogP contribution in [0, 0.1) is 0 Å². The summed E-state index contributed by atoms with van der Waals surface area (Å²) in [5, 5.41) is 0. The molecule has 2 heteroatoms. The van der Waals surface area contributed by atoms with Crippen molar-refractivity contribution in [3.05, 3.63) is 24.3 Å². The van der Waals surface area contributed by atoms with Crippen LogP contribution in [0.3, 0.4) is 0 Å². The number of esters is 1. The van der Waals surface area contributed by atoms with Crippen LogP contribution in [0.4, 0.5) is 0 Å². The Labute approximate surface area is 80.3 Å². The molecule has 0 rings (SSSR count). The van der Waals surface area contributed by atoms with Gasteiger partial charge in [-0.2, -0.15) is 0 Å². The predicted octanol–water partition coefficient (Wildman–Crippen LogP) is 2.85. The number of ether oxygens (including phenoxy) is 1. The minimum absolute atomic E-state index is 0.105. The van der Waals surface area contributed by atoms with Crippen molar-refractivity contribution in [2.24, 2.45) is 0 Å². The minimum atomic E-state index is -0.105. The van der Waals surface area contributed by atoms with Crippen LogP contribution >= 0.6 is 0 Å². The van der Waals surface area contributed by atoms with E-state index in [4.69, 9.17) is 4.74 Å². The molecule has 0 aliphatic carbocycles. The SMILES string of the molecule is C=C(C)/C=C\CCCC(=O)OCC. The quantitative estimate of drug-likeness (QED) is 0.358. The molecule has 0 radical (unpaired) electrons. The van der Waals surface area contributed by atoms with Crippen molar-refractivity contribution in [3.63, 3.8) is 0 Å². The summed E-state index contributed by atoms with van der Waals surface area (Å²) in [4.78, 5) is 10.9. The highest BCUT2D eigenvalue weighted by Crippen LogP contribution is 2.00. The number of rotatable bonds is 6. The van der Waals surface area contributed by atoms with Crippen LogP contribution in [0.15, 0.2) is 24.3 Å². The Morgan fingerprint density at radius 3 is 2.77 bits per heavy atom. The van der Waals surface area contributed by atoms with Crippen LogP contribution in [0.1, 0.15) is 33.1 Å². The van der Waals surface area contributed by atoms with Gasteiger partial charge in [0.25, 0.3) is 0 Å². The molecule has 0 N–H and O–H groups in total. The summed E-state index contributed by atoms with van der Waals surface area (Å²) in [6.45, 7) is 7.98. The summed E-state index contributed by atoms with van der Waals surface area (Å²) < 4.78 is 4.79. The Balaban J connectivity index is 3.35. The zero-order valence-electron chi connectivity index (χ0n) is 8.51. The van der Waals surface area contributed by atoms with Crippen molar-refractivity contribution in [1.82, 2.24) is 0 Å². The van der Waals surface area contributed by atoms with Crippen LogP contribution < -0.4 is 0 Å². The molecule has 0 amide bonds. The molecule has 0 atom stereocenters. The van der Waals surface area contributed by atoms with Gasteiger partial charge in [0.15, 0.2) is 0 Å². The zero-order chi connectivity index (χ0) is 10.1. The summed E-state index contributed by atoms with van der Waals surface area (Å²) in [5.74, 6) is -0.105. The number of unbranched alkanes of at least 4 members (excludes halogenated alkanes) is 1.